The van der Waals surface area contributed by atoms with Crippen LogP contribution in [0.2, 0.25) is 0 Å². The molecule has 0 aliphatic carbocycles. The monoisotopic (exact) mass is 415 g/mol. The third-order valence-corrected chi connectivity index (χ3v) is 5.86. The van der Waals surface area contributed by atoms with Crippen LogP contribution in [0.5, 0.6) is 0 Å². The smallest absolute Gasteiger partial charge is 0.340 e. The Kier molecular flexibility index (Phi) is 4.59. The van der Waals surface area contributed by atoms with Gasteiger partial charge in [0.15, 0.2) is 0 Å². The molecular formula is C19H17N3O6S. The number of benzene rings is 2. The van der Waals surface area contributed by atoms with Gasteiger partial charge in [0.2, 0.25) is 28.1 Å². The molecule has 4 rings (SSSR count). The molecule has 150 valence electrons. The summed E-state index contributed by atoms with van der Waals surface area (Å²) in [4.78, 5) is 38.6. The van der Waals surface area contributed by atoms with E-state index in [4.69, 9.17) is 9.88 Å². The number of cyclic esters (lactones) is 1. The number of carbonyl (C=O) groups excluding carboxylic acids is 3. The first kappa shape index (κ1) is 19.1. The molecule has 2 aliphatic rings. The van der Waals surface area contributed by atoms with Crippen LogP contribution >= 0.6 is 0 Å². The molecule has 0 saturated carbocycles. The van der Waals surface area contributed by atoms with Gasteiger partial charge in [0.25, 0.3) is 0 Å². The van der Waals surface area contributed by atoms with Crippen LogP contribution in [0.15, 0.2) is 53.4 Å². The number of ether oxygens (including phenoxy) is 1. The van der Waals surface area contributed by atoms with Gasteiger partial charge in [0.1, 0.15) is 6.04 Å². The maximum atomic E-state index is 12.8. The van der Waals surface area contributed by atoms with Crippen LogP contribution < -0.4 is 10.5 Å². The van der Waals surface area contributed by atoms with Gasteiger partial charge in [-0.2, -0.15) is 0 Å². The molecule has 1 saturated heterocycles. The average molecular weight is 415 g/mol. The largest absolute Gasteiger partial charge is 0.433 e. The molecule has 1 fully saturated rings. The Labute approximate surface area is 166 Å². The highest BCUT2D eigenvalue weighted by atomic mass is 32.2. The SMILES string of the molecule is NS(=O)(=O)c1ccc(NC(=O)[C@H]2CCC(=O)N2[C@H]2OC(=O)c3ccccc32)cc1. The topological polar surface area (TPSA) is 136 Å². The van der Waals surface area contributed by atoms with Crippen molar-refractivity contribution in [1.82, 2.24) is 4.90 Å². The first-order valence-corrected chi connectivity index (χ1v) is 10.3. The summed E-state index contributed by atoms with van der Waals surface area (Å²) < 4.78 is 28.0. The van der Waals surface area contributed by atoms with Crippen molar-refractivity contribution >= 4 is 33.5 Å². The molecule has 2 aliphatic heterocycles. The number of hydrogen-bond acceptors (Lipinski definition) is 6. The van der Waals surface area contributed by atoms with E-state index in [1.165, 1.54) is 29.2 Å². The fourth-order valence-corrected chi connectivity index (χ4v) is 4.06. The zero-order valence-corrected chi connectivity index (χ0v) is 15.9. The van der Waals surface area contributed by atoms with Gasteiger partial charge in [-0.25, -0.2) is 18.4 Å². The minimum absolute atomic E-state index is 0.0809. The van der Waals surface area contributed by atoms with Crippen molar-refractivity contribution in [3.63, 3.8) is 0 Å². The van der Waals surface area contributed by atoms with E-state index < -0.39 is 34.2 Å². The minimum atomic E-state index is -3.84. The van der Waals surface area contributed by atoms with Gasteiger partial charge in [-0.05, 0) is 36.8 Å². The summed E-state index contributed by atoms with van der Waals surface area (Å²) in [5.74, 6) is -1.29. The predicted octanol–water partition coefficient (Wildman–Crippen LogP) is 1.13. The van der Waals surface area contributed by atoms with Crippen molar-refractivity contribution in [2.24, 2.45) is 5.14 Å². The Balaban J connectivity index is 1.56. The Morgan fingerprint density at radius 1 is 1.10 bits per heavy atom. The molecule has 2 aromatic carbocycles. The molecule has 2 heterocycles. The molecular weight excluding hydrogens is 398 g/mol. The van der Waals surface area contributed by atoms with Crippen LogP contribution in [-0.2, 0) is 24.3 Å². The standard InChI is InChI=1S/C19H17N3O6S/c20-29(26,27)12-7-5-11(6-8-12)21-17(24)15-9-10-16(23)22(15)18-13-3-1-2-4-14(13)19(25)28-18/h1-8,15,18H,9-10H2,(H,21,24)(H2,20,26,27)/t15-,18+/m1/s1. The second kappa shape index (κ2) is 6.98. The van der Waals surface area contributed by atoms with Crippen molar-refractivity contribution in [3.05, 3.63) is 59.7 Å². The third-order valence-electron chi connectivity index (χ3n) is 4.93. The van der Waals surface area contributed by atoms with Crippen LogP contribution in [0.4, 0.5) is 5.69 Å². The fraction of sp³-hybridized carbons (Fsp3) is 0.211. The maximum Gasteiger partial charge on any atom is 0.340 e. The van der Waals surface area contributed by atoms with E-state index >= 15 is 0 Å². The number of rotatable bonds is 4. The number of carbonyl (C=O) groups is 3. The van der Waals surface area contributed by atoms with E-state index in [2.05, 4.69) is 5.32 Å². The number of fused-ring (bicyclic) bond motifs is 1. The van der Waals surface area contributed by atoms with Crippen LogP contribution in [0.1, 0.15) is 35.0 Å². The number of sulfonamides is 1. The summed E-state index contributed by atoms with van der Waals surface area (Å²) >= 11 is 0. The second-order valence-electron chi connectivity index (χ2n) is 6.76. The summed E-state index contributed by atoms with van der Waals surface area (Å²) in [5.41, 5.74) is 1.27. The van der Waals surface area contributed by atoms with Gasteiger partial charge < -0.3 is 10.1 Å². The molecule has 0 radical (unpaired) electrons. The number of nitrogens with two attached hydrogens (primary N) is 1. The lowest BCUT2D eigenvalue weighted by Crippen LogP contribution is -2.43. The third kappa shape index (κ3) is 3.47. The molecule has 2 aromatic rings. The van der Waals surface area contributed by atoms with Crippen LogP contribution in [0.25, 0.3) is 0 Å². The number of primary sulfonamides is 1. The molecule has 29 heavy (non-hydrogen) atoms. The summed E-state index contributed by atoms with van der Waals surface area (Å²) in [7, 11) is -3.84. The van der Waals surface area contributed by atoms with Gasteiger partial charge in [-0.1, -0.05) is 18.2 Å². The van der Waals surface area contributed by atoms with Gasteiger partial charge in [0, 0.05) is 17.7 Å². The summed E-state index contributed by atoms with van der Waals surface area (Å²) in [6.45, 7) is 0. The zero-order chi connectivity index (χ0) is 20.8. The van der Waals surface area contributed by atoms with Gasteiger partial charge in [-0.15, -0.1) is 0 Å². The molecule has 9 nitrogen and oxygen atoms in total. The molecule has 0 spiro atoms. The molecule has 2 amide bonds. The quantitative estimate of drug-likeness (QED) is 0.719. The fourth-order valence-electron chi connectivity index (χ4n) is 3.54. The Morgan fingerprint density at radius 2 is 1.79 bits per heavy atom. The second-order valence-corrected chi connectivity index (χ2v) is 8.32. The van der Waals surface area contributed by atoms with Crippen molar-refractivity contribution in [2.75, 3.05) is 5.32 Å². The van der Waals surface area contributed by atoms with Crippen molar-refractivity contribution in [2.45, 2.75) is 30.0 Å². The van der Waals surface area contributed by atoms with E-state index in [0.717, 1.165) is 0 Å². The van der Waals surface area contributed by atoms with Crippen molar-refractivity contribution in [1.29, 1.82) is 0 Å². The van der Waals surface area contributed by atoms with Gasteiger partial charge in [-0.3, -0.25) is 14.5 Å². The molecule has 10 heteroatoms. The lowest BCUT2D eigenvalue weighted by atomic mass is 10.1. The lowest BCUT2D eigenvalue weighted by Gasteiger charge is -2.29. The van der Waals surface area contributed by atoms with E-state index in [1.807, 2.05) is 0 Å². The van der Waals surface area contributed by atoms with E-state index in [1.54, 1.807) is 24.3 Å². The normalized spacial score (nSPS) is 21.1. The van der Waals surface area contributed by atoms with E-state index in [9.17, 15) is 22.8 Å². The summed E-state index contributed by atoms with van der Waals surface area (Å²) in [6.07, 6.45) is -0.524. The van der Waals surface area contributed by atoms with Crippen molar-refractivity contribution in [3.8, 4) is 0 Å². The number of esters is 1. The van der Waals surface area contributed by atoms with E-state index in [0.29, 0.717) is 16.8 Å². The Morgan fingerprint density at radius 3 is 2.48 bits per heavy atom. The summed E-state index contributed by atoms with van der Waals surface area (Å²) in [5, 5.41) is 7.72. The lowest BCUT2D eigenvalue weighted by molar-refractivity contribution is -0.144. The van der Waals surface area contributed by atoms with Crippen LogP contribution in [-0.4, -0.2) is 37.1 Å². The number of nitrogens with one attached hydrogen (secondary N) is 1. The predicted molar refractivity (Wildman–Crippen MR) is 101 cm³/mol. The number of likely N-dealkylation sites (tertiary alicyclic amines) is 1. The molecule has 0 aromatic heterocycles. The van der Waals surface area contributed by atoms with Gasteiger partial charge in [0.05, 0.1) is 10.5 Å². The van der Waals surface area contributed by atoms with Crippen LogP contribution in [0.3, 0.4) is 0 Å². The number of hydrogen-bond donors (Lipinski definition) is 2. The summed E-state index contributed by atoms with van der Waals surface area (Å²) in [6, 6.07) is 11.3. The van der Waals surface area contributed by atoms with Gasteiger partial charge >= 0.3 is 5.97 Å². The highest BCUT2D eigenvalue weighted by Gasteiger charge is 2.46. The van der Waals surface area contributed by atoms with Crippen LogP contribution in [0, 0.1) is 0 Å². The van der Waals surface area contributed by atoms with E-state index in [-0.39, 0.29) is 23.6 Å². The average Bonchev–Trinajstić information content (AvgIpc) is 3.22. The number of nitrogens with zero attached hydrogens (tertiary/aromatic N) is 1. The molecule has 0 unspecified atom stereocenters. The molecule has 3 N–H and O–H groups in total. The van der Waals surface area contributed by atoms with Crippen molar-refractivity contribution < 1.29 is 27.5 Å². The minimum Gasteiger partial charge on any atom is -0.433 e. The Hall–Kier alpha value is -3.24. The molecule has 0 bridgehead atoms. The number of anilines is 1. The first-order chi connectivity index (χ1) is 13.8. The Bertz CT molecular complexity index is 1110. The highest BCUT2D eigenvalue weighted by Crippen LogP contribution is 2.38. The molecule has 2 atom stereocenters. The first-order valence-electron chi connectivity index (χ1n) is 8.80. The number of amides is 2. The zero-order valence-electron chi connectivity index (χ0n) is 15.1. The highest BCUT2D eigenvalue weighted by molar-refractivity contribution is 7.89. The maximum absolute atomic E-state index is 12.8.